The average Bonchev–Trinajstić information content (AvgIpc) is 2.39. The molecule has 0 spiro atoms. The Balaban J connectivity index is 3.23. The van der Waals surface area contributed by atoms with E-state index in [4.69, 9.17) is 0 Å². The number of unbranched alkanes of at least 4 members (excludes halogenated alkanes) is 5. The number of methoxy groups -OCH3 is 1. The Kier molecular flexibility index (Phi) is 13.4. The van der Waals surface area contributed by atoms with E-state index in [1.54, 1.807) is 0 Å². The lowest BCUT2D eigenvalue weighted by molar-refractivity contribution is -0.140. The summed E-state index contributed by atoms with van der Waals surface area (Å²) in [6, 6.07) is 0. The minimum atomic E-state index is -0.106. The largest absolute Gasteiger partial charge is 0.469 e. The van der Waals surface area contributed by atoms with Crippen molar-refractivity contribution in [1.29, 1.82) is 0 Å². The van der Waals surface area contributed by atoms with Crippen molar-refractivity contribution in [3.63, 3.8) is 0 Å². The minimum absolute atomic E-state index is 0.106. The van der Waals surface area contributed by atoms with Crippen molar-refractivity contribution in [2.45, 2.75) is 51.4 Å². The van der Waals surface area contributed by atoms with E-state index in [-0.39, 0.29) is 5.97 Å². The molecule has 100 valence electrons. The Bertz CT molecular complexity index is 328. The third kappa shape index (κ3) is 13.1. The van der Waals surface area contributed by atoms with Crippen LogP contribution in [0.15, 0.2) is 0 Å². The molecule has 0 saturated carbocycles. The van der Waals surface area contributed by atoms with Crippen LogP contribution in [0.2, 0.25) is 0 Å². The second-order valence-corrected chi connectivity index (χ2v) is 4.42. The van der Waals surface area contributed by atoms with Gasteiger partial charge in [-0.2, -0.15) is 0 Å². The smallest absolute Gasteiger partial charge is 0.305 e. The lowest BCUT2D eigenvalue weighted by Crippen LogP contribution is -1.99. The lowest BCUT2D eigenvalue weighted by Gasteiger charge is -1.99. The second-order valence-electron chi connectivity index (χ2n) is 3.86. The van der Waals surface area contributed by atoms with Gasteiger partial charge >= 0.3 is 5.97 Å². The van der Waals surface area contributed by atoms with Gasteiger partial charge in [0.1, 0.15) is 0 Å². The first kappa shape index (κ1) is 17.1. The zero-order valence-electron chi connectivity index (χ0n) is 11.1. The fourth-order valence-electron chi connectivity index (χ4n) is 1.42. The molecule has 0 unspecified atom stereocenters. The summed E-state index contributed by atoms with van der Waals surface area (Å²) in [7, 11) is 1.43. The molecule has 0 amide bonds. The van der Waals surface area contributed by atoms with Crippen LogP contribution in [0.3, 0.4) is 0 Å². The predicted octanol–water partition coefficient (Wildman–Crippen LogP) is 3.68. The number of carbonyl (C=O) groups is 1. The first-order chi connectivity index (χ1) is 8.81. The molecule has 18 heavy (non-hydrogen) atoms. The zero-order valence-corrected chi connectivity index (χ0v) is 12.6. The van der Waals surface area contributed by atoms with Crippen LogP contribution in [0.5, 0.6) is 0 Å². The zero-order chi connectivity index (χ0) is 13.5. The monoisotopic (exact) mass is 312 g/mol. The first-order valence-electron chi connectivity index (χ1n) is 6.35. The molecule has 0 aromatic rings. The number of alkyl halides is 1. The van der Waals surface area contributed by atoms with Gasteiger partial charge in [0.2, 0.25) is 0 Å². The van der Waals surface area contributed by atoms with Crippen LogP contribution in [0.4, 0.5) is 0 Å². The van der Waals surface area contributed by atoms with E-state index in [0.717, 1.165) is 31.0 Å². The number of hydrogen-bond acceptors (Lipinski definition) is 2. The quantitative estimate of drug-likeness (QED) is 0.310. The third-order valence-electron chi connectivity index (χ3n) is 2.40. The molecule has 0 N–H and O–H groups in total. The Morgan fingerprint density at radius 1 is 1.00 bits per heavy atom. The van der Waals surface area contributed by atoms with Gasteiger partial charge in [-0.1, -0.05) is 53.0 Å². The summed E-state index contributed by atoms with van der Waals surface area (Å²) in [5.41, 5.74) is 0. The van der Waals surface area contributed by atoms with Crippen molar-refractivity contribution in [3.05, 3.63) is 0 Å². The number of ether oxygens (including phenoxy) is 1. The lowest BCUT2D eigenvalue weighted by atomic mass is 10.1. The van der Waals surface area contributed by atoms with Gasteiger partial charge in [-0.15, -0.1) is 5.92 Å². The number of rotatable bonds is 7. The van der Waals surface area contributed by atoms with Crippen LogP contribution >= 0.6 is 15.9 Å². The summed E-state index contributed by atoms with van der Waals surface area (Å²) in [5, 5.41) is 0.722. The standard InChI is InChI=1S/C15H21BrO2/c1-18-15(17)13-11-9-7-5-3-2-4-6-8-10-12-14-16/h2-3,5,7-9,11,13-14H2,1H3. The highest BCUT2D eigenvalue weighted by Gasteiger charge is 1.98. The van der Waals surface area contributed by atoms with Gasteiger partial charge in [-0.3, -0.25) is 4.79 Å². The second kappa shape index (κ2) is 14.1. The van der Waals surface area contributed by atoms with Crippen LogP contribution < -0.4 is 0 Å². The summed E-state index contributed by atoms with van der Waals surface area (Å²) in [6.45, 7) is 0. The van der Waals surface area contributed by atoms with E-state index in [9.17, 15) is 4.79 Å². The molecular weight excluding hydrogens is 292 g/mol. The molecule has 3 heteroatoms. The maximum absolute atomic E-state index is 10.8. The minimum Gasteiger partial charge on any atom is -0.469 e. The number of halogens is 1. The summed E-state index contributed by atoms with van der Waals surface area (Å²) in [6.07, 6.45) is 7.68. The van der Waals surface area contributed by atoms with Gasteiger partial charge in [0.05, 0.1) is 18.9 Å². The van der Waals surface area contributed by atoms with Crippen LogP contribution in [-0.4, -0.2) is 18.4 Å². The van der Waals surface area contributed by atoms with E-state index < -0.39 is 0 Å². The molecule has 0 aliphatic heterocycles. The van der Waals surface area contributed by atoms with E-state index in [1.807, 2.05) is 0 Å². The average molecular weight is 313 g/mol. The molecule has 0 radical (unpaired) electrons. The maximum atomic E-state index is 10.8. The molecule has 2 nitrogen and oxygen atoms in total. The van der Waals surface area contributed by atoms with Gasteiger partial charge in [0.25, 0.3) is 0 Å². The van der Waals surface area contributed by atoms with Crippen LogP contribution in [-0.2, 0) is 9.53 Å². The van der Waals surface area contributed by atoms with Gasteiger partial charge in [0, 0.05) is 12.8 Å². The highest BCUT2D eigenvalue weighted by Crippen LogP contribution is 2.07. The predicted molar refractivity (Wildman–Crippen MR) is 78.3 cm³/mol. The van der Waals surface area contributed by atoms with E-state index >= 15 is 0 Å². The Morgan fingerprint density at radius 2 is 1.67 bits per heavy atom. The molecule has 0 rings (SSSR count). The Labute approximate surface area is 119 Å². The van der Waals surface area contributed by atoms with E-state index in [0.29, 0.717) is 12.8 Å². The van der Waals surface area contributed by atoms with E-state index in [1.165, 1.54) is 20.0 Å². The normalized spacial score (nSPS) is 8.78. The van der Waals surface area contributed by atoms with Crippen molar-refractivity contribution in [2.24, 2.45) is 0 Å². The van der Waals surface area contributed by atoms with Crippen molar-refractivity contribution in [1.82, 2.24) is 0 Å². The summed E-state index contributed by atoms with van der Waals surface area (Å²) < 4.78 is 4.58. The fourth-order valence-corrected chi connectivity index (χ4v) is 1.62. The van der Waals surface area contributed by atoms with Crippen molar-refractivity contribution in [2.75, 3.05) is 12.4 Å². The number of hydrogen-bond donors (Lipinski definition) is 0. The summed E-state index contributed by atoms with van der Waals surface area (Å²) in [5.74, 6) is 11.9. The molecular formula is C15H21BrO2. The fraction of sp³-hybridized carbons (Fsp3) is 0.667. The van der Waals surface area contributed by atoms with Gasteiger partial charge in [-0.05, 0) is 12.8 Å². The first-order valence-corrected chi connectivity index (χ1v) is 7.47. The van der Waals surface area contributed by atoms with Gasteiger partial charge in [0.15, 0.2) is 0 Å². The Morgan fingerprint density at radius 3 is 2.39 bits per heavy atom. The maximum Gasteiger partial charge on any atom is 0.305 e. The molecule has 0 aromatic carbocycles. The highest BCUT2D eigenvalue weighted by molar-refractivity contribution is 9.09. The van der Waals surface area contributed by atoms with Crippen molar-refractivity contribution >= 4 is 21.9 Å². The van der Waals surface area contributed by atoms with Gasteiger partial charge in [-0.25, -0.2) is 0 Å². The highest BCUT2D eigenvalue weighted by atomic mass is 79.9. The number of carbonyl (C=O) groups excluding carboxylic acids is 1. The van der Waals surface area contributed by atoms with Crippen LogP contribution in [0, 0.1) is 23.7 Å². The Hall–Kier alpha value is -0.930. The molecule has 0 fully saturated rings. The van der Waals surface area contributed by atoms with Crippen LogP contribution in [0.25, 0.3) is 0 Å². The third-order valence-corrected chi connectivity index (χ3v) is 2.68. The summed E-state index contributed by atoms with van der Waals surface area (Å²) >= 11 is 3.24. The molecule has 0 aliphatic rings. The van der Waals surface area contributed by atoms with Crippen LogP contribution in [0.1, 0.15) is 51.4 Å². The number of esters is 1. The van der Waals surface area contributed by atoms with Crippen molar-refractivity contribution in [3.8, 4) is 23.7 Å². The molecule has 0 bridgehead atoms. The van der Waals surface area contributed by atoms with Crippen molar-refractivity contribution < 1.29 is 9.53 Å². The van der Waals surface area contributed by atoms with E-state index in [2.05, 4.69) is 44.3 Å². The molecule has 0 aliphatic carbocycles. The summed E-state index contributed by atoms with van der Waals surface area (Å²) in [4.78, 5) is 10.8. The molecule has 0 heterocycles. The molecule has 0 aromatic heterocycles. The SMILES string of the molecule is COC(=O)CCCCCCCC#CCC#CCBr. The van der Waals surface area contributed by atoms with Gasteiger partial charge < -0.3 is 4.74 Å². The molecule has 0 atom stereocenters. The topological polar surface area (TPSA) is 26.3 Å². The molecule has 0 saturated heterocycles.